The van der Waals surface area contributed by atoms with Crippen LogP contribution >= 0.6 is 0 Å². The Kier molecular flexibility index (Phi) is 9.50. The first kappa shape index (κ1) is 24.5. The van der Waals surface area contributed by atoms with E-state index in [-0.39, 0.29) is 18.4 Å². The monoisotopic (exact) mass is 464 g/mol. The van der Waals surface area contributed by atoms with Gasteiger partial charge < -0.3 is 0 Å². The quantitative estimate of drug-likeness (QED) is 0.293. The van der Waals surface area contributed by atoms with E-state index in [1.54, 1.807) is 0 Å². The van der Waals surface area contributed by atoms with Crippen LogP contribution in [0.3, 0.4) is 0 Å². The second-order valence-corrected chi connectivity index (χ2v) is 13.2. The van der Waals surface area contributed by atoms with Gasteiger partial charge in [0.15, 0.2) is 0 Å². The number of hydroxylamine groups is 2. The molecular formula is C26H32N2O4Si-2. The summed E-state index contributed by atoms with van der Waals surface area (Å²) in [5.41, 5.74) is 0.457. The Morgan fingerprint density at radius 2 is 1.76 bits per heavy atom. The van der Waals surface area contributed by atoms with E-state index in [1.165, 1.54) is 10.4 Å². The van der Waals surface area contributed by atoms with E-state index in [0.717, 1.165) is 25.1 Å². The van der Waals surface area contributed by atoms with E-state index in [4.69, 9.17) is 9.57 Å². The number of rotatable bonds is 12. The van der Waals surface area contributed by atoms with Crippen molar-refractivity contribution in [3.8, 4) is 0 Å². The summed E-state index contributed by atoms with van der Waals surface area (Å²) in [4.78, 5) is 16.8. The van der Waals surface area contributed by atoms with E-state index < -0.39 is 14.2 Å². The van der Waals surface area contributed by atoms with Gasteiger partial charge in [-0.15, -0.1) is 0 Å². The van der Waals surface area contributed by atoms with Crippen molar-refractivity contribution >= 4 is 24.5 Å². The maximum absolute atomic E-state index is 12.0. The maximum atomic E-state index is 12.0. The number of nitrogens with one attached hydrogen (secondary N) is 1. The summed E-state index contributed by atoms with van der Waals surface area (Å²) >= 11 is 0. The number of nitrogens with zero attached hydrogens (tertiary/aromatic N) is 1. The summed E-state index contributed by atoms with van der Waals surface area (Å²) in [6.45, 7) is 3.85. The zero-order valence-corrected chi connectivity index (χ0v) is 20.0. The molecule has 33 heavy (non-hydrogen) atoms. The summed E-state index contributed by atoms with van der Waals surface area (Å²) < 4.78 is 5.41. The van der Waals surface area contributed by atoms with Crippen molar-refractivity contribution in [1.29, 1.82) is 0 Å². The first-order valence-electron chi connectivity index (χ1n) is 11.4. The van der Waals surface area contributed by atoms with Crippen molar-refractivity contribution in [2.75, 3.05) is 19.8 Å². The Bertz CT molecular complexity index is 894. The third-order valence-electron chi connectivity index (χ3n) is 6.31. The molecule has 0 radical (unpaired) electrons. The van der Waals surface area contributed by atoms with Gasteiger partial charge in [-0.2, -0.15) is 0 Å². The van der Waals surface area contributed by atoms with Crippen LogP contribution in [0.5, 0.6) is 0 Å². The minimum atomic E-state index is -2.58. The van der Waals surface area contributed by atoms with Crippen molar-refractivity contribution < 1.29 is 14.4 Å². The van der Waals surface area contributed by atoms with Gasteiger partial charge in [-0.3, -0.25) is 0 Å². The zero-order valence-electron chi connectivity index (χ0n) is 18.8. The van der Waals surface area contributed by atoms with Gasteiger partial charge in [0.1, 0.15) is 0 Å². The second-order valence-electron chi connectivity index (χ2n) is 8.16. The molecule has 7 heteroatoms. The molecular weight excluding hydrogens is 432 g/mol. The van der Waals surface area contributed by atoms with Gasteiger partial charge in [0.05, 0.1) is 0 Å². The zero-order chi connectivity index (χ0) is 23.4. The first-order valence-corrected chi connectivity index (χ1v) is 14.0. The Labute approximate surface area is 196 Å². The van der Waals surface area contributed by atoms with Crippen molar-refractivity contribution in [3.63, 3.8) is 0 Å². The fourth-order valence-electron chi connectivity index (χ4n) is 4.81. The molecule has 0 saturated heterocycles. The Balaban J connectivity index is 1.68. The molecule has 1 amide bonds. The normalized spacial score (nSPS) is 15.6. The number of alkyl carbamates (subject to hydrolysis) is 1. The fraction of sp³-hybridized carbons (Fsp3) is 0.269. The Morgan fingerprint density at radius 1 is 1.09 bits per heavy atom. The van der Waals surface area contributed by atoms with Gasteiger partial charge in [0.25, 0.3) is 0 Å². The molecule has 0 spiro atoms. The molecule has 3 rings (SSSR count). The number of benzene rings is 2. The van der Waals surface area contributed by atoms with E-state index in [9.17, 15) is 10.0 Å². The van der Waals surface area contributed by atoms with Crippen LogP contribution in [0.2, 0.25) is 11.6 Å². The van der Waals surface area contributed by atoms with Crippen molar-refractivity contribution in [3.05, 3.63) is 103 Å². The molecule has 0 heterocycles. The molecule has 0 bridgehead atoms. The average molecular weight is 465 g/mol. The van der Waals surface area contributed by atoms with Gasteiger partial charge in [0.2, 0.25) is 0 Å². The number of allylic oxidation sites excluding steroid dienone is 4. The molecule has 176 valence electrons. The standard InChI is InChI=1S/C26H32N2O4Si/c1-2-28(30)32-21-19-27-26(29)31-20-12-22-33(23-13-6-3-7-14-23,24-15-8-4-9-16-24)25-17-10-5-11-18-25/h2-11,13-17,25,33H,1,12,18-22H2,(H,27,29)/q-2. The van der Waals surface area contributed by atoms with Crippen molar-refractivity contribution in [2.24, 2.45) is 0 Å². The molecule has 1 aliphatic rings. The molecule has 2 aromatic carbocycles. The number of hydrogen-bond donors (Lipinski definition) is 1. The van der Waals surface area contributed by atoms with Crippen LogP contribution in [-0.2, 0) is 9.57 Å². The molecule has 6 nitrogen and oxygen atoms in total. The van der Waals surface area contributed by atoms with Crippen LogP contribution in [0.25, 0.3) is 0 Å². The van der Waals surface area contributed by atoms with E-state index >= 15 is 0 Å². The predicted molar refractivity (Wildman–Crippen MR) is 136 cm³/mol. The van der Waals surface area contributed by atoms with Crippen molar-refractivity contribution in [2.45, 2.75) is 24.4 Å². The number of amides is 1. The molecule has 0 aromatic heterocycles. The number of hydrogen-bond acceptors (Lipinski definition) is 5. The van der Waals surface area contributed by atoms with Gasteiger partial charge in [-0.25, -0.2) is 0 Å². The molecule has 2 aromatic rings. The molecule has 1 aliphatic carbocycles. The number of carbonyl (C=O) groups excluding carboxylic acids is 1. The van der Waals surface area contributed by atoms with Crippen LogP contribution in [0.4, 0.5) is 4.79 Å². The van der Waals surface area contributed by atoms with E-state index in [2.05, 4.69) is 96.9 Å². The summed E-state index contributed by atoms with van der Waals surface area (Å²) in [5, 5.41) is 16.6. The second kappa shape index (κ2) is 12.8. The Hall–Kier alpha value is -3.13. The SMILES string of the molecule is C=CN([O-])OCCNC(=O)OCCC[SiH-](c1ccccc1)(c1ccccc1)C1C=CC=CC1. The summed E-state index contributed by atoms with van der Waals surface area (Å²) in [6.07, 6.45) is 11.2. The summed E-state index contributed by atoms with van der Waals surface area (Å²) in [5.74, 6) is 0. The van der Waals surface area contributed by atoms with Crippen LogP contribution in [-0.4, -0.2) is 39.2 Å². The first-order chi connectivity index (χ1) is 16.2. The summed E-state index contributed by atoms with van der Waals surface area (Å²) in [6, 6.07) is 22.7. The fourth-order valence-corrected chi connectivity index (χ4v) is 11.0. The molecule has 0 saturated carbocycles. The topological polar surface area (TPSA) is 73.9 Å². The number of carbonyl (C=O) groups is 1. The van der Waals surface area contributed by atoms with Crippen LogP contribution < -0.4 is 15.7 Å². The van der Waals surface area contributed by atoms with Crippen molar-refractivity contribution in [1.82, 2.24) is 10.5 Å². The van der Waals surface area contributed by atoms with Gasteiger partial charge >= 0.3 is 197 Å². The third-order valence-corrected chi connectivity index (χ3v) is 12.7. The Morgan fingerprint density at radius 3 is 2.33 bits per heavy atom. The number of ether oxygens (including phenoxy) is 1. The van der Waals surface area contributed by atoms with Gasteiger partial charge in [-0.05, 0) is 0 Å². The van der Waals surface area contributed by atoms with Crippen LogP contribution in [0.15, 0.2) is 97.7 Å². The molecule has 1 atom stereocenters. The minimum absolute atomic E-state index is 0.0472. The van der Waals surface area contributed by atoms with Crippen LogP contribution in [0.1, 0.15) is 12.8 Å². The van der Waals surface area contributed by atoms with Gasteiger partial charge in [0, 0.05) is 0 Å². The van der Waals surface area contributed by atoms with E-state index in [0.29, 0.717) is 12.1 Å². The molecule has 0 fully saturated rings. The molecule has 1 N–H and O–H groups in total. The molecule has 0 aliphatic heterocycles. The van der Waals surface area contributed by atoms with E-state index in [1.807, 2.05) is 0 Å². The molecule has 1 unspecified atom stereocenters. The predicted octanol–water partition coefficient (Wildman–Crippen LogP) is 3.86. The third kappa shape index (κ3) is 6.68. The average Bonchev–Trinajstić information content (AvgIpc) is 2.88. The summed E-state index contributed by atoms with van der Waals surface area (Å²) in [7, 11) is -2.58. The van der Waals surface area contributed by atoms with Crippen LogP contribution in [0, 0.1) is 5.21 Å². The van der Waals surface area contributed by atoms with Gasteiger partial charge in [-0.1, -0.05) is 0 Å².